The molecule has 0 spiro atoms. The molecule has 2 atom stereocenters. The maximum atomic E-state index is 12.8. The van der Waals surface area contributed by atoms with Crippen LogP contribution in [0.4, 0.5) is 0 Å². The lowest BCUT2D eigenvalue weighted by molar-refractivity contribution is -0.141. The van der Waals surface area contributed by atoms with Gasteiger partial charge in [-0.1, -0.05) is 42.0 Å². The van der Waals surface area contributed by atoms with E-state index in [0.29, 0.717) is 23.5 Å². The minimum absolute atomic E-state index is 0.161. The summed E-state index contributed by atoms with van der Waals surface area (Å²) in [6.45, 7) is 3.77. The number of aromatic nitrogens is 2. The molecule has 2 aromatic rings. The van der Waals surface area contributed by atoms with Crippen molar-refractivity contribution in [2.75, 3.05) is 0 Å². The van der Waals surface area contributed by atoms with Crippen molar-refractivity contribution in [3.8, 4) is 0 Å². The number of benzene rings is 1. The molecule has 2 aliphatic rings. The number of aliphatic carboxylic acids is 1. The van der Waals surface area contributed by atoms with Gasteiger partial charge in [-0.3, -0.25) is 14.2 Å². The molecule has 4 rings (SSSR count). The van der Waals surface area contributed by atoms with E-state index >= 15 is 0 Å². The molecule has 0 saturated heterocycles. The van der Waals surface area contributed by atoms with Gasteiger partial charge in [-0.05, 0) is 38.0 Å². The van der Waals surface area contributed by atoms with Gasteiger partial charge in [-0.25, -0.2) is 4.98 Å². The van der Waals surface area contributed by atoms with Crippen molar-refractivity contribution in [2.24, 2.45) is 5.41 Å². The first-order valence-corrected chi connectivity index (χ1v) is 8.23. The Morgan fingerprint density at radius 1 is 1.36 bits per heavy atom. The van der Waals surface area contributed by atoms with Gasteiger partial charge in [0.05, 0.1) is 11.7 Å². The molecule has 1 aromatic heterocycles. The molecular weight excluding hydrogens is 316 g/mol. The summed E-state index contributed by atoms with van der Waals surface area (Å²) in [5.74, 6) is -0.355. The summed E-state index contributed by atoms with van der Waals surface area (Å²) in [6, 6.07) is 7.75. The first-order valence-electron chi connectivity index (χ1n) is 8.23. The zero-order valence-corrected chi connectivity index (χ0v) is 14.1. The van der Waals surface area contributed by atoms with Crippen LogP contribution in [-0.2, 0) is 4.79 Å². The van der Waals surface area contributed by atoms with Crippen LogP contribution in [0.25, 0.3) is 18.2 Å². The summed E-state index contributed by atoms with van der Waals surface area (Å²) in [6.07, 6.45) is 7.55. The number of carboxylic acids is 1. The number of nitrogens with zero attached hydrogens (tertiary/aromatic N) is 2. The second-order valence-electron chi connectivity index (χ2n) is 6.80. The van der Waals surface area contributed by atoms with Gasteiger partial charge in [0, 0.05) is 5.56 Å². The monoisotopic (exact) mass is 334 g/mol. The van der Waals surface area contributed by atoms with E-state index in [9.17, 15) is 14.7 Å². The minimum Gasteiger partial charge on any atom is -0.481 e. The lowest BCUT2D eigenvalue weighted by Gasteiger charge is -2.18. The molecule has 0 radical (unpaired) electrons. The highest BCUT2D eigenvalue weighted by Crippen LogP contribution is 2.59. The molecule has 2 unspecified atom stereocenters. The Kier molecular flexibility index (Phi) is 3.29. The first kappa shape index (κ1) is 15.6. The van der Waals surface area contributed by atoms with E-state index in [1.807, 2.05) is 37.3 Å². The van der Waals surface area contributed by atoms with Gasteiger partial charge in [0.2, 0.25) is 0 Å². The Labute approximate surface area is 145 Å². The van der Waals surface area contributed by atoms with Crippen molar-refractivity contribution >= 4 is 24.2 Å². The number of hydrogen-bond donors (Lipinski definition) is 1. The predicted molar refractivity (Wildman–Crippen MR) is 96.1 cm³/mol. The Balaban J connectivity index is 1.75. The molecule has 1 aliphatic carbocycles. The average Bonchev–Trinajstić information content (AvgIpc) is 3.33. The van der Waals surface area contributed by atoms with Crippen molar-refractivity contribution in [3.63, 3.8) is 0 Å². The largest absolute Gasteiger partial charge is 0.481 e. The van der Waals surface area contributed by atoms with E-state index in [4.69, 9.17) is 0 Å². The van der Waals surface area contributed by atoms with E-state index < -0.39 is 11.4 Å². The topological polar surface area (TPSA) is 72.2 Å². The molecule has 2 heterocycles. The second kappa shape index (κ2) is 5.28. The zero-order valence-electron chi connectivity index (χ0n) is 14.1. The van der Waals surface area contributed by atoms with Gasteiger partial charge < -0.3 is 5.11 Å². The summed E-state index contributed by atoms with van der Waals surface area (Å²) in [5, 5.41) is 9.41. The maximum absolute atomic E-state index is 12.8. The van der Waals surface area contributed by atoms with Crippen molar-refractivity contribution in [2.45, 2.75) is 26.3 Å². The fourth-order valence-corrected chi connectivity index (χ4v) is 3.47. The van der Waals surface area contributed by atoms with Gasteiger partial charge in [0.1, 0.15) is 11.2 Å². The quantitative estimate of drug-likeness (QED) is 0.936. The fourth-order valence-electron chi connectivity index (χ4n) is 3.47. The normalized spacial score (nSPS) is 23.4. The van der Waals surface area contributed by atoms with Crippen molar-refractivity contribution in [3.05, 3.63) is 68.9 Å². The molecule has 0 amide bonds. The maximum Gasteiger partial charge on any atom is 0.315 e. The van der Waals surface area contributed by atoms with E-state index in [0.717, 1.165) is 5.56 Å². The number of carboxylic acid groups (broad SMARTS) is 1. The third-order valence-corrected chi connectivity index (χ3v) is 5.09. The molecule has 5 nitrogen and oxygen atoms in total. The van der Waals surface area contributed by atoms with Crippen LogP contribution in [0.15, 0.2) is 35.1 Å². The highest BCUT2D eigenvalue weighted by Gasteiger charge is 2.62. The molecule has 1 fully saturated rings. The minimum atomic E-state index is -0.927. The highest BCUT2D eigenvalue weighted by molar-refractivity contribution is 5.84. The van der Waals surface area contributed by atoms with Gasteiger partial charge in [0.15, 0.2) is 0 Å². The molecular formula is C20H18N2O3. The molecule has 5 heteroatoms. The molecule has 1 N–H and O–H groups in total. The van der Waals surface area contributed by atoms with E-state index in [1.54, 1.807) is 19.1 Å². The van der Waals surface area contributed by atoms with Crippen LogP contribution < -0.4 is 5.56 Å². The van der Waals surface area contributed by atoms with Crippen LogP contribution in [0, 0.1) is 19.3 Å². The molecule has 25 heavy (non-hydrogen) atoms. The van der Waals surface area contributed by atoms with Crippen molar-refractivity contribution < 1.29 is 9.90 Å². The lowest BCUT2D eigenvalue weighted by Crippen LogP contribution is -2.31. The standard InChI is InChI=1S/C20H18N2O3/c1-12-4-3-5-14(10-12)6-7-15-13(2)18(23)22-16-11-20(16,19(24)25)9-8-17(22)21-15/h3-10,16H,11H2,1-2H3,(H,24,25)/b7-6+. The second-order valence-corrected chi connectivity index (χ2v) is 6.80. The van der Waals surface area contributed by atoms with Crippen LogP contribution in [0.1, 0.15) is 40.7 Å². The molecule has 1 aromatic carbocycles. The summed E-state index contributed by atoms with van der Waals surface area (Å²) in [4.78, 5) is 28.8. The van der Waals surface area contributed by atoms with E-state index in [-0.39, 0.29) is 11.6 Å². The lowest BCUT2D eigenvalue weighted by atomic mass is 10.0. The smallest absolute Gasteiger partial charge is 0.315 e. The number of fused-ring (bicyclic) bond motifs is 3. The summed E-state index contributed by atoms with van der Waals surface area (Å²) in [7, 11) is 0. The molecule has 1 aliphatic heterocycles. The number of hydrogen-bond acceptors (Lipinski definition) is 3. The summed E-state index contributed by atoms with van der Waals surface area (Å²) < 4.78 is 1.54. The zero-order chi connectivity index (χ0) is 17.8. The number of rotatable bonds is 3. The summed E-state index contributed by atoms with van der Waals surface area (Å²) in [5.41, 5.74) is 2.27. The molecule has 126 valence electrons. The van der Waals surface area contributed by atoms with Crippen molar-refractivity contribution in [1.82, 2.24) is 9.55 Å². The predicted octanol–water partition coefficient (Wildman–Crippen LogP) is 3.07. The van der Waals surface area contributed by atoms with Gasteiger partial charge >= 0.3 is 5.97 Å². The van der Waals surface area contributed by atoms with Crippen LogP contribution in [0.3, 0.4) is 0 Å². The third-order valence-electron chi connectivity index (χ3n) is 5.09. The number of aryl methyl sites for hydroxylation is 1. The summed E-state index contributed by atoms with van der Waals surface area (Å²) >= 11 is 0. The SMILES string of the molecule is Cc1cccc(/C=C/c2nc3n(c(=O)c2C)C2CC2(C(=O)O)C=C3)c1. The van der Waals surface area contributed by atoms with E-state index in [1.165, 1.54) is 10.1 Å². The Hall–Kier alpha value is -2.95. The first-order chi connectivity index (χ1) is 11.9. The van der Waals surface area contributed by atoms with E-state index in [2.05, 4.69) is 11.1 Å². The van der Waals surface area contributed by atoms with Crippen LogP contribution in [0.5, 0.6) is 0 Å². The fraction of sp³-hybridized carbons (Fsp3) is 0.250. The van der Waals surface area contributed by atoms with Gasteiger partial charge in [-0.2, -0.15) is 0 Å². The van der Waals surface area contributed by atoms with Crippen LogP contribution in [-0.4, -0.2) is 20.6 Å². The van der Waals surface area contributed by atoms with Gasteiger partial charge in [-0.15, -0.1) is 0 Å². The Bertz CT molecular complexity index is 1020. The Morgan fingerprint density at radius 3 is 2.88 bits per heavy atom. The third kappa shape index (κ3) is 2.35. The van der Waals surface area contributed by atoms with Crippen LogP contribution in [0.2, 0.25) is 0 Å². The molecule has 1 saturated carbocycles. The van der Waals surface area contributed by atoms with Gasteiger partial charge in [0.25, 0.3) is 5.56 Å². The number of carbonyl (C=O) groups is 1. The van der Waals surface area contributed by atoms with Crippen molar-refractivity contribution in [1.29, 1.82) is 0 Å². The molecule has 0 bridgehead atoms. The average molecular weight is 334 g/mol. The highest BCUT2D eigenvalue weighted by atomic mass is 16.4. The van der Waals surface area contributed by atoms with Crippen LogP contribution >= 0.6 is 0 Å². The Morgan fingerprint density at radius 2 is 2.16 bits per heavy atom.